The lowest BCUT2D eigenvalue weighted by molar-refractivity contribution is -0.134. The molecule has 0 unspecified atom stereocenters. The van der Waals surface area contributed by atoms with Gasteiger partial charge >= 0.3 is 0 Å². The van der Waals surface area contributed by atoms with Crippen LogP contribution in [0.25, 0.3) is 16.9 Å². The molecule has 0 radical (unpaired) electrons. The van der Waals surface area contributed by atoms with Gasteiger partial charge in [0.1, 0.15) is 17.1 Å². The monoisotopic (exact) mass is 480 g/mol. The van der Waals surface area contributed by atoms with Crippen LogP contribution in [0.15, 0.2) is 36.5 Å². The summed E-state index contributed by atoms with van der Waals surface area (Å²) in [6.07, 6.45) is 1.51. The van der Waals surface area contributed by atoms with Crippen molar-refractivity contribution in [2.75, 3.05) is 27.2 Å². The Labute approximate surface area is 202 Å². The molecule has 0 bridgehead atoms. The number of halogens is 1. The molecule has 1 aliphatic heterocycles. The summed E-state index contributed by atoms with van der Waals surface area (Å²) in [6, 6.07) is 7.63. The lowest BCUT2D eigenvalue weighted by Crippen LogP contribution is -2.63. The van der Waals surface area contributed by atoms with Crippen LogP contribution in [0, 0.1) is 5.82 Å². The third kappa shape index (κ3) is 4.13. The van der Waals surface area contributed by atoms with Crippen LogP contribution in [0.1, 0.15) is 43.7 Å². The van der Waals surface area contributed by atoms with Crippen molar-refractivity contribution in [2.24, 2.45) is 0 Å². The van der Waals surface area contributed by atoms with Gasteiger partial charge in [-0.05, 0) is 58.0 Å². The van der Waals surface area contributed by atoms with Crippen LogP contribution in [-0.4, -0.2) is 74.8 Å². The van der Waals surface area contributed by atoms with E-state index in [9.17, 15) is 18.8 Å². The third-order valence-electron chi connectivity index (χ3n) is 6.50. The first-order chi connectivity index (χ1) is 16.3. The summed E-state index contributed by atoms with van der Waals surface area (Å²) in [5.41, 5.74) is 0.156. The number of nitrogens with zero attached hydrogens (tertiary/aromatic N) is 5. The van der Waals surface area contributed by atoms with Gasteiger partial charge in [-0.2, -0.15) is 5.10 Å². The zero-order valence-electron chi connectivity index (χ0n) is 20.7. The van der Waals surface area contributed by atoms with Crippen molar-refractivity contribution < 1.29 is 18.8 Å². The maximum atomic E-state index is 13.5. The minimum absolute atomic E-state index is 0.117. The van der Waals surface area contributed by atoms with Crippen molar-refractivity contribution in [3.05, 3.63) is 53.6 Å². The highest BCUT2D eigenvalue weighted by Crippen LogP contribution is 2.32. The van der Waals surface area contributed by atoms with Crippen molar-refractivity contribution in [2.45, 2.75) is 38.6 Å². The number of hydrogen-bond acceptors (Lipinski definition) is 5. The van der Waals surface area contributed by atoms with Gasteiger partial charge in [0.25, 0.3) is 5.91 Å². The van der Waals surface area contributed by atoms with Gasteiger partial charge in [-0.25, -0.2) is 13.9 Å². The number of aromatic nitrogens is 3. The quantitative estimate of drug-likeness (QED) is 0.618. The average Bonchev–Trinajstić information content (AvgIpc) is 3.23. The molecule has 1 fully saturated rings. The molecule has 3 aromatic rings. The molecule has 0 saturated carbocycles. The number of imidazole rings is 1. The third-order valence-corrected chi connectivity index (χ3v) is 6.50. The fraction of sp³-hybridized carbons (Fsp3) is 0.400. The normalized spacial score (nSPS) is 15.7. The maximum Gasteiger partial charge on any atom is 0.275 e. The fourth-order valence-corrected chi connectivity index (χ4v) is 4.37. The summed E-state index contributed by atoms with van der Waals surface area (Å²) in [5.74, 6) is -1.17. The number of carbonyl (C=O) groups is 3. The summed E-state index contributed by atoms with van der Waals surface area (Å²) in [6.45, 7) is 7.64. The highest BCUT2D eigenvalue weighted by molar-refractivity contribution is 5.99. The van der Waals surface area contributed by atoms with Crippen molar-refractivity contribution >= 4 is 23.4 Å². The number of likely N-dealkylation sites (N-methyl/N-ethyl adjacent to an activating group) is 1. The molecule has 3 amide bonds. The topological polar surface area (TPSA) is 99.9 Å². The number of rotatable bonds is 4. The Bertz CT molecular complexity index is 1330. The number of hydrogen-bond donors (Lipinski definition) is 1. The van der Waals surface area contributed by atoms with E-state index in [1.807, 2.05) is 0 Å². The molecule has 0 atom stereocenters. The molecule has 2 aromatic heterocycles. The van der Waals surface area contributed by atoms with E-state index >= 15 is 0 Å². The lowest BCUT2D eigenvalue weighted by atomic mass is 9.83. The highest BCUT2D eigenvalue weighted by atomic mass is 19.1. The molecule has 1 saturated heterocycles. The Hall–Kier alpha value is -3.82. The molecule has 0 aliphatic carbocycles. The summed E-state index contributed by atoms with van der Waals surface area (Å²) >= 11 is 0. The predicted molar refractivity (Wildman–Crippen MR) is 128 cm³/mol. The number of benzene rings is 1. The van der Waals surface area contributed by atoms with Gasteiger partial charge in [0.05, 0.1) is 17.3 Å². The van der Waals surface area contributed by atoms with E-state index in [0.29, 0.717) is 35.6 Å². The molecule has 0 spiro atoms. The van der Waals surface area contributed by atoms with E-state index < -0.39 is 16.9 Å². The van der Waals surface area contributed by atoms with Crippen molar-refractivity contribution in [3.63, 3.8) is 0 Å². The first-order valence-electron chi connectivity index (χ1n) is 11.3. The van der Waals surface area contributed by atoms with Gasteiger partial charge in [-0.1, -0.05) is 0 Å². The summed E-state index contributed by atoms with van der Waals surface area (Å²) in [5, 5.41) is 7.39. The van der Waals surface area contributed by atoms with Crippen LogP contribution >= 0.6 is 0 Å². The molecule has 184 valence electrons. The number of piperazine rings is 1. The lowest BCUT2D eigenvalue weighted by Gasteiger charge is -2.40. The van der Waals surface area contributed by atoms with Crippen LogP contribution in [0.2, 0.25) is 0 Å². The van der Waals surface area contributed by atoms with Crippen molar-refractivity contribution in [1.82, 2.24) is 29.7 Å². The van der Waals surface area contributed by atoms with E-state index in [1.165, 1.54) is 32.6 Å². The largest absolute Gasteiger partial charge is 0.352 e. The minimum Gasteiger partial charge on any atom is -0.352 e. The molecular formula is C25H29FN6O3. The molecule has 9 nitrogen and oxygen atoms in total. The number of fused-ring (bicyclic) bond motifs is 1. The van der Waals surface area contributed by atoms with E-state index in [0.717, 1.165) is 0 Å². The van der Waals surface area contributed by atoms with Gasteiger partial charge in [-0.15, -0.1) is 0 Å². The standard InChI is InChI=1S/C25H29FN6O3/c1-24(2,23(35)30(5)6)17-13-18(15-7-9-16(26)10-8-15)29-32-14-19(28-20(17)32)21(33)31-12-11-27-22(34)25(31,3)4/h7-10,13-14H,11-12H2,1-6H3,(H,27,34). The van der Waals surface area contributed by atoms with E-state index in [2.05, 4.69) is 15.4 Å². The SMILES string of the molecule is CN(C)C(=O)C(C)(C)c1cc(-c2ccc(F)cc2)nn2cc(C(=O)N3CCNC(=O)C3(C)C)nc12. The molecule has 35 heavy (non-hydrogen) atoms. The molecule has 1 aliphatic rings. The Morgan fingerprint density at radius 1 is 1.17 bits per heavy atom. The second-order valence-electron chi connectivity index (χ2n) is 9.94. The van der Waals surface area contributed by atoms with Gasteiger partial charge < -0.3 is 15.1 Å². The number of carbonyl (C=O) groups excluding carboxylic acids is 3. The van der Waals surface area contributed by atoms with E-state index in [1.54, 1.807) is 60.0 Å². The zero-order chi connectivity index (χ0) is 25.7. The Balaban J connectivity index is 1.89. The molecule has 1 aromatic carbocycles. The summed E-state index contributed by atoms with van der Waals surface area (Å²) in [7, 11) is 3.35. The average molecular weight is 481 g/mol. The van der Waals surface area contributed by atoms with Crippen molar-refractivity contribution in [3.8, 4) is 11.3 Å². The predicted octanol–water partition coefficient (Wildman–Crippen LogP) is 2.25. The zero-order valence-corrected chi connectivity index (χ0v) is 20.7. The van der Waals surface area contributed by atoms with E-state index in [4.69, 9.17) is 0 Å². The highest BCUT2D eigenvalue weighted by Gasteiger charge is 2.42. The Kier molecular flexibility index (Phi) is 5.86. The second kappa shape index (κ2) is 8.44. The maximum absolute atomic E-state index is 13.5. The summed E-state index contributed by atoms with van der Waals surface area (Å²) < 4.78 is 15.0. The first kappa shape index (κ1) is 24.3. The fourth-order valence-electron chi connectivity index (χ4n) is 4.37. The molecular weight excluding hydrogens is 451 g/mol. The minimum atomic E-state index is -1.04. The van der Waals surface area contributed by atoms with Crippen LogP contribution in [0.4, 0.5) is 4.39 Å². The number of nitrogens with one attached hydrogen (secondary N) is 1. The van der Waals surface area contributed by atoms with Crippen LogP contribution in [0.5, 0.6) is 0 Å². The van der Waals surface area contributed by atoms with Crippen LogP contribution in [0.3, 0.4) is 0 Å². The molecule has 10 heteroatoms. The molecule has 3 heterocycles. The smallest absolute Gasteiger partial charge is 0.275 e. The molecule has 4 rings (SSSR count). The van der Waals surface area contributed by atoms with Gasteiger partial charge in [0.15, 0.2) is 5.65 Å². The van der Waals surface area contributed by atoms with Crippen LogP contribution in [-0.2, 0) is 15.0 Å². The van der Waals surface area contributed by atoms with Gasteiger partial charge in [0.2, 0.25) is 11.8 Å². The van der Waals surface area contributed by atoms with Gasteiger partial charge in [0, 0.05) is 38.3 Å². The van der Waals surface area contributed by atoms with Crippen molar-refractivity contribution in [1.29, 1.82) is 0 Å². The second-order valence-corrected chi connectivity index (χ2v) is 9.94. The van der Waals surface area contributed by atoms with Gasteiger partial charge in [-0.3, -0.25) is 14.4 Å². The first-order valence-corrected chi connectivity index (χ1v) is 11.3. The Morgan fingerprint density at radius 2 is 1.83 bits per heavy atom. The molecule has 1 N–H and O–H groups in total. The van der Waals surface area contributed by atoms with Crippen LogP contribution < -0.4 is 5.32 Å². The Morgan fingerprint density at radius 3 is 2.46 bits per heavy atom. The summed E-state index contributed by atoms with van der Waals surface area (Å²) in [4.78, 5) is 46.5. The number of amides is 3. The van der Waals surface area contributed by atoms with E-state index in [-0.39, 0.29) is 23.3 Å².